The largest absolute Gasteiger partial charge is 0.394 e. The van der Waals surface area contributed by atoms with Gasteiger partial charge in [-0.05, 0) is 23.1 Å². The van der Waals surface area contributed by atoms with E-state index in [-0.39, 0.29) is 24.7 Å². The van der Waals surface area contributed by atoms with Crippen molar-refractivity contribution in [2.24, 2.45) is 5.73 Å². The summed E-state index contributed by atoms with van der Waals surface area (Å²) in [6, 6.07) is 18.6. The lowest BCUT2D eigenvalue weighted by Crippen LogP contribution is -2.28. The number of aliphatic hydroxyl groups excluding tert-OH is 1. The van der Waals surface area contributed by atoms with Gasteiger partial charge < -0.3 is 16.2 Å². The lowest BCUT2D eigenvalue weighted by Gasteiger charge is -2.22. The molecule has 3 rings (SSSR count). The molecule has 0 aromatic heterocycles. The zero-order chi connectivity index (χ0) is 13.9. The van der Waals surface area contributed by atoms with Crippen LogP contribution in [0.4, 0.5) is 0 Å². The Morgan fingerprint density at radius 1 is 1.05 bits per heavy atom. The third-order valence-electron chi connectivity index (χ3n) is 4.05. The van der Waals surface area contributed by atoms with Gasteiger partial charge in [0.05, 0.1) is 12.6 Å². The highest BCUT2D eigenvalue weighted by Gasteiger charge is 2.29. The molecule has 0 saturated heterocycles. The van der Waals surface area contributed by atoms with Crippen molar-refractivity contribution < 1.29 is 5.11 Å². The van der Waals surface area contributed by atoms with Crippen molar-refractivity contribution in [3.63, 3.8) is 0 Å². The van der Waals surface area contributed by atoms with E-state index < -0.39 is 0 Å². The van der Waals surface area contributed by atoms with E-state index in [1.807, 2.05) is 42.5 Å². The standard InChI is InChI=1S/C17H20N2O/c18-15-10-16(14-9-5-4-8-13(14)15)19-17(11-20)12-6-2-1-3-7-12/h1-9,15-17,19-20H,10-11,18H2/t15?,16?,17-/m0/s1. The Morgan fingerprint density at radius 3 is 2.40 bits per heavy atom. The number of hydrogen-bond acceptors (Lipinski definition) is 3. The second-order valence-corrected chi connectivity index (χ2v) is 5.34. The summed E-state index contributed by atoms with van der Waals surface area (Å²) in [5, 5.41) is 13.2. The zero-order valence-electron chi connectivity index (χ0n) is 11.4. The molecule has 0 heterocycles. The SMILES string of the molecule is NC1CC(N[C@@H](CO)c2ccccc2)c2ccccc21. The van der Waals surface area contributed by atoms with Crippen molar-refractivity contribution in [2.75, 3.05) is 6.61 Å². The molecular formula is C17H20N2O. The van der Waals surface area contributed by atoms with Crippen LogP contribution in [0.2, 0.25) is 0 Å². The number of hydrogen-bond donors (Lipinski definition) is 3. The molecule has 0 amide bonds. The Kier molecular flexibility index (Phi) is 3.83. The van der Waals surface area contributed by atoms with Crippen LogP contribution < -0.4 is 11.1 Å². The van der Waals surface area contributed by atoms with Crippen LogP contribution in [-0.2, 0) is 0 Å². The summed E-state index contributed by atoms with van der Waals surface area (Å²) in [6.45, 7) is 0.0813. The van der Waals surface area contributed by atoms with Crippen molar-refractivity contribution in [3.05, 3.63) is 71.3 Å². The van der Waals surface area contributed by atoms with Gasteiger partial charge in [-0.3, -0.25) is 0 Å². The predicted octanol–water partition coefficient (Wildman–Crippen LogP) is 2.45. The van der Waals surface area contributed by atoms with Gasteiger partial charge in [0.25, 0.3) is 0 Å². The normalized spacial score (nSPS) is 22.5. The van der Waals surface area contributed by atoms with E-state index in [0.717, 1.165) is 12.0 Å². The highest BCUT2D eigenvalue weighted by molar-refractivity contribution is 5.37. The first-order valence-corrected chi connectivity index (χ1v) is 7.06. The minimum atomic E-state index is -0.0560. The van der Waals surface area contributed by atoms with Crippen molar-refractivity contribution >= 4 is 0 Å². The first-order chi connectivity index (χ1) is 9.79. The Balaban J connectivity index is 1.81. The molecule has 4 N–H and O–H groups in total. The molecule has 2 aromatic carbocycles. The monoisotopic (exact) mass is 268 g/mol. The van der Waals surface area contributed by atoms with Crippen LogP contribution in [0.5, 0.6) is 0 Å². The molecule has 2 aromatic rings. The highest BCUT2D eigenvalue weighted by atomic mass is 16.3. The minimum absolute atomic E-state index is 0.0560. The lowest BCUT2D eigenvalue weighted by molar-refractivity contribution is 0.231. The van der Waals surface area contributed by atoms with Gasteiger partial charge in [0, 0.05) is 12.1 Å². The van der Waals surface area contributed by atoms with Gasteiger partial charge in [-0.25, -0.2) is 0 Å². The van der Waals surface area contributed by atoms with Gasteiger partial charge in [-0.1, -0.05) is 54.6 Å². The van der Waals surface area contributed by atoms with Crippen molar-refractivity contribution in [3.8, 4) is 0 Å². The van der Waals surface area contributed by atoms with Crippen molar-refractivity contribution in [2.45, 2.75) is 24.5 Å². The zero-order valence-corrected chi connectivity index (χ0v) is 11.4. The van der Waals surface area contributed by atoms with E-state index >= 15 is 0 Å². The molecule has 20 heavy (non-hydrogen) atoms. The van der Waals surface area contributed by atoms with Crippen molar-refractivity contribution in [1.82, 2.24) is 5.32 Å². The van der Waals surface area contributed by atoms with Gasteiger partial charge in [-0.15, -0.1) is 0 Å². The Bertz CT molecular complexity index is 570. The van der Waals surface area contributed by atoms with Crippen LogP contribution in [0.3, 0.4) is 0 Å². The second-order valence-electron chi connectivity index (χ2n) is 5.34. The number of nitrogens with one attached hydrogen (secondary N) is 1. The molecule has 1 aliphatic rings. The van der Waals surface area contributed by atoms with Crippen LogP contribution in [0, 0.1) is 0 Å². The third-order valence-corrected chi connectivity index (χ3v) is 4.05. The number of rotatable bonds is 4. The smallest absolute Gasteiger partial charge is 0.0626 e. The fourth-order valence-electron chi connectivity index (χ4n) is 3.01. The van der Waals surface area contributed by atoms with Crippen LogP contribution in [0.25, 0.3) is 0 Å². The topological polar surface area (TPSA) is 58.3 Å². The van der Waals surface area contributed by atoms with Crippen LogP contribution >= 0.6 is 0 Å². The van der Waals surface area contributed by atoms with E-state index in [4.69, 9.17) is 5.73 Å². The van der Waals surface area contributed by atoms with E-state index in [2.05, 4.69) is 17.4 Å². The van der Waals surface area contributed by atoms with Crippen LogP contribution in [0.1, 0.15) is 41.2 Å². The average Bonchev–Trinajstić information content (AvgIpc) is 2.82. The van der Waals surface area contributed by atoms with E-state index in [1.165, 1.54) is 11.1 Å². The van der Waals surface area contributed by atoms with Gasteiger partial charge >= 0.3 is 0 Å². The van der Waals surface area contributed by atoms with E-state index in [0.29, 0.717) is 0 Å². The summed E-state index contributed by atoms with van der Waals surface area (Å²) in [7, 11) is 0. The third kappa shape index (κ3) is 2.48. The summed E-state index contributed by atoms with van der Waals surface area (Å²) in [6.07, 6.45) is 0.878. The number of nitrogens with two attached hydrogens (primary N) is 1. The Morgan fingerprint density at radius 2 is 1.70 bits per heavy atom. The maximum absolute atomic E-state index is 9.66. The molecule has 1 aliphatic carbocycles. The molecule has 0 bridgehead atoms. The molecule has 0 radical (unpaired) electrons. The summed E-state index contributed by atoms with van der Waals surface area (Å²) < 4.78 is 0. The molecule has 3 nitrogen and oxygen atoms in total. The maximum Gasteiger partial charge on any atom is 0.0626 e. The molecule has 0 spiro atoms. The maximum atomic E-state index is 9.66. The van der Waals surface area contributed by atoms with Crippen LogP contribution in [-0.4, -0.2) is 11.7 Å². The average molecular weight is 268 g/mol. The molecule has 2 unspecified atom stereocenters. The number of benzene rings is 2. The Labute approximate surface area is 119 Å². The fourth-order valence-corrected chi connectivity index (χ4v) is 3.01. The van der Waals surface area contributed by atoms with Gasteiger partial charge in [0.2, 0.25) is 0 Å². The summed E-state index contributed by atoms with van der Waals surface area (Å²) in [5.41, 5.74) is 9.77. The molecule has 3 atom stereocenters. The Hall–Kier alpha value is -1.68. The van der Waals surface area contributed by atoms with E-state index in [1.54, 1.807) is 0 Å². The summed E-state index contributed by atoms with van der Waals surface area (Å²) in [5.74, 6) is 0. The van der Waals surface area contributed by atoms with Gasteiger partial charge in [0.15, 0.2) is 0 Å². The summed E-state index contributed by atoms with van der Waals surface area (Å²) >= 11 is 0. The summed E-state index contributed by atoms with van der Waals surface area (Å²) in [4.78, 5) is 0. The lowest BCUT2D eigenvalue weighted by atomic mass is 10.0. The first kappa shape index (κ1) is 13.3. The first-order valence-electron chi connectivity index (χ1n) is 7.06. The minimum Gasteiger partial charge on any atom is -0.394 e. The molecular weight excluding hydrogens is 248 g/mol. The van der Waals surface area contributed by atoms with Crippen molar-refractivity contribution in [1.29, 1.82) is 0 Å². The molecule has 0 fully saturated rings. The van der Waals surface area contributed by atoms with Gasteiger partial charge in [-0.2, -0.15) is 0 Å². The van der Waals surface area contributed by atoms with Crippen LogP contribution in [0.15, 0.2) is 54.6 Å². The molecule has 0 aliphatic heterocycles. The molecule has 3 heteroatoms. The second kappa shape index (κ2) is 5.75. The number of aliphatic hydroxyl groups is 1. The highest BCUT2D eigenvalue weighted by Crippen LogP contribution is 2.38. The fraction of sp³-hybridized carbons (Fsp3) is 0.294. The molecule has 104 valence electrons. The van der Waals surface area contributed by atoms with Gasteiger partial charge in [0.1, 0.15) is 0 Å². The predicted molar refractivity (Wildman–Crippen MR) is 80.1 cm³/mol. The number of fused-ring (bicyclic) bond motifs is 1. The quantitative estimate of drug-likeness (QED) is 0.798. The van der Waals surface area contributed by atoms with E-state index in [9.17, 15) is 5.11 Å². The molecule has 0 saturated carbocycles.